The van der Waals surface area contributed by atoms with Crippen LogP contribution in [0.25, 0.3) is 0 Å². The van der Waals surface area contributed by atoms with E-state index < -0.39 is 0 Å². The number of halogens is 4. The Morgan fingerprint density at radius 3 is 1.82 bits per heavy atom. The maximum atomic E-state index is 9.38. The van der Waals surface area contributed by atoms with Crippen LogP contribution in [0.1, 0.15) is 0 Å². The SMILES string of the molecule is Oc1c(I)c(Cl)cc(Cl)c1I. The van der Waals surface area contributed by atoms with Crippen LogP contribution in [0, 0.1) is 7.14 Å². The van der Waals surface area contributed by atoms with Gasteiger partial charge in [-0.3, -0.25) is 0 Å². The second kappa shape index (κ2) is 3.85. The first-order valence-electron chi connectivity index (χ1n) is 2.56. The molecule has 0 fully saturated rings. The fraction of sp³-hybridized carbons (Fsp3) is 0. The molecule has 1 rings (SSSR count). The molecule has 0 amide bonds. The highest BCUT2D eigenvalue weighted by atomic mass is 127. The highest BCUT2D eigenvalue weighted by molar-refractivity contribution is 14.1. The predicted octanol–water partition coefficient (Wildman–Crippen LogP) is 3.91. The summed E-state index contributed by atoms with van der Waals surface area (Å²) >= 11 is 15.4. The Kier molecular flexibility index (Phi) is 3.55. The molecule has 1 aromatic rings. The van der Waals surface area contributed by atoms with Gasteiger partial charge in [0.1, 0.15) is 5.75 Å². The highest BCUT2D eigenvalue weighted by Crippen LogP contribution is 2.36. The number of rotatable bonds is 0. The lowest BCUT2D eigenvalue weighted by Crippen LogP contribution is -1.82. The number of hydrogen-bond donors (Lipinski definition) is 1. The van der Waals surface area contributed by atoms with Crippen LogP contribution in [-0.2, 0) is 0 Å². The van der Waals surface area contributed by atoms with Crippen LogP contribution in [0.4, 0.5) is 0 Å². The molecule has 0 aliphatic rings. The van der Waals surface area contributed by atoms with Crippen molar-refractivity contribution in [3.63, 3.8) is 0 Å². The Morgan fingerprint density at radius 1 is 1.09 bits per heavy atom. The van der Waals surface area contributed by atoms with E-state index >= 15 is 0 Å². The van der Waals surface area contributed by atoms with Crippen LogP contribution in [0.2, 0.25) is 10.0 Å². The van der Waals surface area contributed by atoms with Crippen LogP contribution in [-0.4, -0.2) is 5.11 Å². The monoisotopic (exact) mass is 414 g/mol. The van der Waals surface area contributed by atoms with Crippen molar-refractivity contribution in [2.24, 2.45) is 0 Å². The molecule has 0 bridgehead atoms. The second-order valence-corrected chi connectivity index (χ2v) is 4.79. The van der Waals surface area contributed by atoms with Crippen LogP contribution in [0.3, 0.4) is 0 Å². The molecule has 5 heteroatoms. The third-order valence-electron chi connectivity index (χ3n) is 1.09. The standard InChI is InChI=1S/C6H2Cl2I2O/c7-2-1-3(8)5(10)6(11)4(2)9/h1,11H. The van der Waals surface area contributed by atoms with E-state index in [1.807, 2.05) is 45.2 Å². The zero-order valence-electron chi connectivity index (χ0n) is 5.04. The number of phenolic OH excluding ortho intramolecular Hbond substituents is 1. The van der Waals surface area contributed by atoms with Gasteiger partial charge >= 0.3 is 0 Å². The molecule has 60 valence electrons. The van der Waals surface area contributed by atoms with E-state index in [0.717, 1.165) is 0 Å². The van der Waals surface area contributed by atoms with Crippen LogP contribution in [0.15, 0.2) is 6.07 Å². The molecule has 0 saturated carbocycles. The summed E-state index contributed by atoms with van der Waals surface area (Å²) in [6.45, 7) is 0. The minimum absolute atomic E-state index is 0.156. The summed E-state index contributed by atoms with van der Waals surface area (Å²) in [6.07, 6.45) is 0. The lowest BCUT2D eigenvalue weighted by Gasteiger charge is -2.03. The summed E-state index contributed by atoms with van der Waals surface area (Å²) in [7, 11) is 0. The molecular formula is C6H2Cl2I2O. The van der Waals surface area contributed by atoms with Gasteiger partial charge in [0.2, 0.25) is 0 Å². The van der Waals surface area contributed by atoms with E-state index in [1.54, 1.807) is 6.07 Å². The molecule has 0 spiro atoms. The largest absolute Gasteiger partial charge is 0.506 e. The zero-order valence-corrected chi connectivity index (χ0v) is 10.9. The van der Waals surface area contributed by atoms with Gasteiger partial charge in [0.05, 0.1) is 17.2 Å². The lowest BCUT2D eigenvalue weighted by molar-refractivity contribution is 0.468. The van der Waals surface area contributed by atoms with Crippen molar-refractivity contribution in [2.75, 3.05) is 0 Å². The Bertz CT molecular complexity index is 275. The molecule has 0 unspecified atom stereocenters. The van der Waals surface area contributed by atoms with Gasteiger partial charge in [0.15, 0.2) is 0 Å². The molecule has 0 aromatic heterocycles. The maximum Gasteiger partial charge on any atom is 0.145 e. The van der Waals surface area contributed by atoms with Crippen molar-refractivity contribution < 1.29 is 5.11 Å². The van der Waals surface area contributed by atoms with E-state index in [9.17, 15) is 5.11 Å². The van der Waals surface area contributed by atoms with Crippen molar-refractivity contribution in [1.29, 1.82) is 0 Å². The van der Waals surface area contributed by atoms with Gasteiger partial charge in [-0.05, 0) is 51.2 Å². The van der Waals surface area contributed by atoms with E-state index in [-0.39, 0.29) is 5.75 Å². The van der Waals surface area contributed by atoms with E-state index in [4.69, 9.17) is 23.2 Å². The van der Waals surface area contributed by atoms with E-state index in [2.05, 4.69) is 0 Å². The second-order valence-electron chi connectivity index (χ2n) is 1.82. The Balaban J connectivity index is 3.46. The number of hydrogen-bond acceptors (Lipinski definition) is 1. The first kappa shape index (κ1) is 10.1. The van der Waals surface area contributed by atoms with Crippen molar-refractivity contribution in [3.05, 3.63) is 23.3 Å². The average Bonchev–Trinajstić information content (AvgIpc) is 1.97. The summed E-state index contributed by atoms with van der Waals surface area (Å²) in [5.74, 6) is 0.156. The molecule has 0 aliphatic heterocycles. The predicted molar refractivity (Wildman–Crippen MR) is 63.6 cm³/mol. The zero-order chi connectivity index (χ0) is 8.59. The van der Waals surface area contributed by atoms with Gasteiger partial charge in [0.25, 0.3) is 0 Å². The minimum Gasteiger partial charge on any atom is -0.506 e. The molecular weight excluding hydrogens is 413 g/mol. The fourth-order valence-electron chi connectivity index (χ4n) is 0.561. The Morgan fingerprint density at radius 2 is 1.45 bits per heavy atom. The first-order valence-corrected chi connectivity index (χ1v) is 5.47. The molecule has 1 nitrogen and oxygen atoms in total. The molecule has 0 aliphatic carbocycles. The smallest absolute Gasteiger partial charge is 0.145 e. The summed E-state index contributed by atoms with van der Waals surface area (Å²) < 4.78 is 1.27. The molecule has 0 radical (unpaired) electrons. The third kappa shape index (κ3) is 2.05. The van der Waals surface area contributed by atoms with Gasteiger partial charge < -0.3 is 5.11 Å². The molecule has 0 heterocycles. The van der Waals surface area contributed by atoms with Crippen molar-refractivity contribution in [3.8, 4) is 5.75 Å². The van der Waals surface area contributed by atoms with E-state index in [0.29, 0.717) is 17.2 Å². The van der Waals surface area contributed by atoms with Gasteiger partial charge in [-0.2, -0.15) is 0 Å². The topological polar surface area (TPSA) is 20.2 Å². The summed E-state index contributed by atoms with van der Waals surface area (Å²) in [6, 6.07) is 1.62. The summed E-state index contributed by atoms with van der Waals surface area (Å²) in [5.41, 5.74) is 0. The quantitative estimate of drug-likeness (QED) is 0.504. The summed E-state index contributed by atoms with van der Waals surface area (Å²) in [4.78, 5) is 0. The molecule has 0 saturated heterocycles. The highest BCUT2D eigenvalue weighted by Gasteiger charge is 2.10. The average molecular weight is 415 g/mol. The molecule has 1 N–H and O–H groups in total. The van der Waals surface area contributed by atoms with Gasteiger partial charge in [-0.25, -0.2) is 0 Å². The van der Waals surface area contributed by atoms with Crippen LogP contribution >= 0.6 is 68.4 Å². The lowest BCUT2D eigenvalue weighted by atomic mass is 10.3. The first-order chi connectivity index (χ1) is 5.04. The number of phenols is 1. The third-order valence-corrected chi connectivity index (χ3v) is 4.51. The number of benzene rings is 1. The molecule has 1 aromatic carbocycles. The van der Waals surface area contributed by atoms with E-state index in [1.165, 1.54) is 0 Å². The van der Waals surface area contributed by atoms with Crippen molar-refractivity contribution >= 4 is 68.4 Å². The Hall–Kier alpha value is 1.06. The van der Waals surface area contributed by atoms with Gasteiger partial charge in [-0.15, -0.1) is 0 Å². The Labute approximate surface area is 101 Å². The van der Waals surface area contributed by atoms with Crippen LogP contribution in [0.5, 0.6) is 5.75 Å². The van der Waals surface area contributed by atoms with Crippen LogP contribution < -0.4 is 0 Å². The summed E-state index contributed by atoms with van der Waals surface area (Å²) in [5, 5.41) is 10.3. The number of aromatic hydroxyl groups is 1. The van der Waals surface area contributed by atoms with Gasteiger partial charge in [0, 0.05) is 0 Å². The maximum absolute atomic E-state index is 9.38. The fourth-order valence-corrected chi connectivity index (χ4v) is 2.38. The normalized spacial score (nSPS) is 10.2. The molecule has 11 heavy (non-hydrogen) atoms. The minimum atomic E-state index is 0.156. The van der Waals surface area contributed by atoms with Crippen molar-refractivity contribution in [2.45, 2.75) is 0 Å². The molecule has 0 atom stereocenters. The van der Waals surface area contributed by atoms with Gasteiger partial charge in [-0.1, -0.05) is 23.2 Å². The van der Waals surface area contributed by atoms with Crippen molar-refractivity contribution in [1.82, 2.24) is 0 Å².